The maximum Gasteiger partial charge on any atom is 0.274 e. The van der Waals surface area contributed by atoms with Crippen molar-refractivity contribution in [1.29, 1.82) is 0 Å². The van der Waals surface area contributed by atoms with Crippen LogP contribution in [0.2, 0.25) is 5.02 Å². The third-order valence-corrected chi connectivity index (χ3v) is 6.26. The van der Waals surface area contributed by atoms with E-state index >= 15 is 0 Å². The van der Waals surface area contributed by atoms with Crippen molar-refractivity contribution in [1.82, 2.24) is 9.97 Å². The van der Waals surface area contributed by atoms with Gasteiger partial charge in [-0.05, 0) is 48.9 Å². The van der Waals surface area contributed by atoms with Crippen molar-refractivity contribution in [2.75, 3.05) is 4.90 Å². The van der Waals surface area contributed by atoms with Gasteiger partial charge in [0.25, 0.3) is 5.91 Å². The second-order valence-electron chi connectivity index (χ2n) is 7.20. The number of hydrogen-bond acceptors (Lipinski definition) is 6. The number of fused-ring (bicyclic) bond motifs is 2. The molecule has 2 unspecified atom stereocenters. The summed E-state index contributed by atoms with van der Waals surface area (Å²) in [4.78, 5) is 24.2. The number of halogens is 1. The second kappa shape index (κ2) is 8.17. The van der Waals surface area contributed by atoms with Crippen LogP contribution in [0.5, 0.6) is 11.5 Å². The van der Waals surface area contributed by atoms with E-state index in [9.17, 15) is 4.79 Å². The fraction of sp³-hybridized carbons (Fsp3) is 0.174. The first kappa shape index (κ1) is 19.8. The van der Waals surface area contributed by atoms with Gasteiger partial charge in [-0.25, -0.2) is 4.98 Å². The van der Waals surface area contributed by atoms with Crippen LogP contribution in [-0.4, -0.2) is 28.1 Å². The third-order valence-electron chi connectivity index (χ3n) is 4.99. The number of anilines is 1. The van der Waals surface area contributed by atoms with Gasteiger partial charge in [0.2, 0.25) is 6.10 Å². The monoisotopic (exact) mass is 451 g/mol. The molecular formula is C23H18ClN3O3S. The van der Waals surface area contributed by atoms with E-state index in [4.69, 9.17) is 21.1 Å². The highest BCUT2D eigenvalue weighted by molar-refractivity contribution is 7.22. The first-order valence-electron chi connectivity index (χ1n) is 9.77. The van der Waals surface area contributed by atoms with Gasteiger partial charge >= 0.3 is 0 Å². The largest absolute Gasteiger partial charge is 0.482 e. The minimum Gasteiger partial charge on any atom is -0.482 e. The number of aromatic nitrogens is 2. The summed E-state index contributed by atoms with van der Waals surface area (Å²) in [6.07, 6.45) is 2.18. The smallest absolute Gasteiger partial charge is 0.274 e. The summed E-state index contributed by atoms with van der Waals surface area (Å²) < 4.78 is 12.9. The normalized spacial score (nSPS) is 17.5. The lowest BCUT2D eigenvalue weighted by atomic mass is 10.1. The van der Waals surface area contributed by atoms with E-state index < -0.39 is 12.2 Å². The quantitative estimate of drug-likeness (QED) is 0.431. The predicted molar refractivity (Wildman–Crippen MR) is 121 cm³/mol. The average molecular weight is 452 g/mol. The van der Waals surface area contributed by atoms with Gasteiger partial charge in [-0.2, -0.15) is 0 Å². The van der Waals surface area contributed by atoms with Crippen LogP contribution in [0.25, 0.3) is 10.2 Å². The number of carbonyl (C=O) groups excluding carboxylic acids is 1. The Labute approximate surface area is 188 Å². The topological polar surface area (TPSA) is 64.6 Å². The van der Waals surface area contributed by atoms with Crippen LogP contribution in [0, 0.1) is 0 Å². The molecule has 2 atom stereocenters. The first-order valence-corrected chi connectivity index (χ1v) is 11.0. The molecule has 0 N–H and O–H groups in total. The van der Waals surface area contributed by atoms with Crippen molar-refractivity contribution in [3.05, 3.63) is 77.6 Å². The maximum atomic E-state index is 13.7. The molecule has 0 fully saturated rings. The Morgan fingerprint density at radius 1 is 1.13 bits per heavy atom. The van der Waals surface area contributed by atoms with Gasteiger partial charge in [0.15, 0.2) is 16.6 Å². The van der Waals surface area contributed by atoms with Gasteiger partial charge in [0.05, 0.1) is 16.8 Å². The molecule has 0 bridgehead atoms. The fourth-order valence-electron chi connectivity index (χ4n) is 3.46. The lowest BCUT2D eigenvalue weighted by Crippen LogP contribution is -2.50. The number of pyridine rings is 1. The van der Waals surface area contributed by atoms with E-state index in [1.807, 2.05) is 49.4 Å². The highest BCUT2D eigenvalue weighted by Gasteiger charge is 2.38. The molecule has 3 heterocycles. The molecular weight excluding hydrogens is 434 g/mol. The van der Waals surface area contributed by atoms with Crippen LogP contribution in [0.3, 0.4) is 0 Å². The van der Waals surface area contributed by atoms with Crippen LogP contribution < -0.4 is 14.4 Å². The average Bonchev–Trinajstić information content (AvgIpc) is 3.20. The number of thiazole rings is 1. The highest BCUT2D eigenvalue weighted by Crippen LogP contribution is 2.36. The molecule has 2 aromatic heterocycles. The second-order valence-corrected chi connectivity index (χ2v) is 8.65. The maximum absolute atomic E-state index is 13.7. The zero-order valence-electron chi connectivity index (χ0n) is 16.6. The van der Waals surface area contributed by atoms with Gasteiger partial charge in [-0.1, -0.05) is 41.1 Å². The van der Waals surface area contributed by atoms with Crippen LogP contribution >= 0.6 is 22.9 Å². The van der Waals surface area contributed by atoms with Crippen molar-refractivity contribution < 1.29 is 14.3 Å². The van der Waals surface area contributed by atoms with E-state index in [1.54, 1.807) is 29.4 Å². The third kappa shape index (κ3) is 3.94. The molecule has 0 aliphatic carbocycles. The molecule has 1 amide bonds. The molecule has 4 aromatic rings. The summed E-state index contributed by atoms with van der Waals surface area (Å²) in [6.45, 7) is 2.15. The van der Waals surface area contributed by atoms with Crippen LogP contribution in [0.1, 0.15) is 12.5 Å². The molecule has 0 radical (unpaired) electrons. The van der Waals surface area contributed by atoms with Crippen molar-refractivity contribution >= 4 is 44.2 Å². The number of nitrogens with zero attached hydrogens (tertiary/aromatic N) is 3. The van der Waals surface area contributed by atoms with E-state index in [2.05, 4.69) is 9.97 Å². The Bertz CT molecular complexity index is 1250. The number of rotatable bonds is 4. The minimum atomic E-state index is -0.804. The Morgan fingerprint density at radius 3 is 2.71 bits per heavy atom. The SMILES string of the molecule is CC1Oc2ccccc2OC1C(=O)N(Cc1cccnc1)c1nc2ccc(Cl)cc2s1. The summed E-state index contributed by atoms with van der Waals surface area (Å²) in [5.41, 5.74) is 1.67. The zero-order valence-corrected chi connectivity index (χ0v) is 18.1. The van der Waals surface area contributed by atoms with Gasteiger partial charge in [-0.3, -0.25) is 14.7 Å². The number of benzene rings is 2. The lowest BCUT2D eigenvalue weighted by molar-refractivity contribution is -0.130. The predicted octanol–water partition coefficient (Wildman–Crippen LogP) is 5.11. The standard InChI is InChI=1S/C23H18ClN3O3S/c1-14-21(30-19-7-3-2-6-18(19)29-14)22(28)27(13-15-5-4-10-25-12-15)23-26-17-9-8-16(24)11-20(17)31-23/h2-12,14,21H,13H2,1H3. The number of amides is 1. The van der Waals surface area contributed by atoms with E-state index in [0.29, 0.717) is 28.2 Å². The van der Waals surface area contributed by atoms with Crippen LogP contribution in [0.4, 0.5) is 5.13 Å². The number of hydrogen-bond donors (Lipinski definition) is 0. The molecule has 0 saturated heterocycles. The fourth-order valence-corrected chi connectivity index (χ4v) is 4.71. The Morgan fingerprint density at radius 2 is 1.94 bits per heavy atom. The van der Waals surface area contributed by atoms with E-state index in [-0.39, 0.29) is 5.91 Å². The molecule has 6 nitrogen and oxygen atoms in total. The summed E-state index contributed by atoms with van der Waals surface area (Å²) in [5, 5.41) is 1.20. The first-order chi connectivity index (χ1) is 15.1. The molecule has 5 rings (SSSR count). The number of ether oxygens (including phenoxy) is 2. The van der Waals surface area contributed by atoms with E-state index in [1.165, 1.54) is 11.3 Å². The van der Waals surface area contributed by atoms with Crippen LogP contribution in [-0.2, 0) is 11.3 Å². The molecule has 1 aliphatic rings. The number of carbonyl (C=O) groups is 1. The molecule has 2 aromatic carbocycles. The minimum absolute atomic E-state index is 0.226. The van der Waals surface area contributed by atoms with Gasteiger partial charge in [0.1, 0.15) is 6.10 Å². The zero-order chi connectivity index (χ0) is 21.4. The Kier molecular flexibility index (Phi) is 5.21. The van der Waals surface area contributed by atoms with Crippen molar-refractivity contribution in [2.45, 2.75) is 25.7 Å². The molecule has 0 spiro atoms. The van der Waals surface area contributed by atoms with Gasteiger partial charge in [-0.15, -0.1) is 0 Å². The Hall–Kier alpha value is -3.16. The summed E-state index contributed by atoms with van der Waals surface area (Å²) in [5.74, 6) is 0.958. The summed E-state index contributed by atoms with van der Waals surface area (Å²) in [6, 6.07) is 16.6. The summed E-state index contributed by atoms with van der Waals surface area (Å²) >= 11 is 7.55. The van der Waals surface area contributed by atoms with Crippen molar-refractivity contribution in [3.8, 4) is 11.5 Å². The molecule has 1 aliphatic heterocycles. The van der Waals surface area contributed by atoms with Crippen molar-refractivity contribution in [3.63, 3.8) is 0 Å². The molecule has 0 saturated carbocycles. The Balaban J connectivity index is 1.52. The van der Waals surface area contributed by atoms with E-state index in [0.717, 1.165) is 15.8 Å². The molecule has 31 heavy (non-hydrogen) atoms. The van der Waals surface area contributed by atoms with Crippen LogP contribution in [0.15, 0.2) is 67.0 Å². The lowest BCUT2D eigenvalue weighted by Gasteiger charge is -2.33. The van der Waals surface area contributed by atoms with Gasteiger partial charge < -0.3 is 9.47 Å². The summed E-state index contributed by atoms with van der Waals surface area (Å²) in [7, 11) is 0. The molecule has 8 heteroatoms. The number of para-hydroxylation sites is 2. The van der Waals surface area contributed by atoms with Gasteiger partial charge in [0, 0.05) is 17.4 Å². The van der Waals surface area contributed by atoms with Crippen molar-refractivity contribution in [2.24, 2.45) is 0 Å². The molecule has 156 valence electrons. The highest BCUT2D eigenvalue weighted by atomic mass is 35.5.